The second-order valence-electron chi connectivity index (χ2n) is 6.34. The fourth-order valence-electron chi connectivity index (χ4n) is 3.27. The van der Waals surface area contributed by atoms with Gasteiger partial charge in [-0.2, -0.15) is 0 Å². The first-order chi connectivity index (χ1) is 11.6. The SMILES string of the molecule is CN(Cc1ccc(F)cn1)[C@@H]1CCC[C@H](Oc2ccccc2)[C@H]1O. The van der Waals surface area contributed by atoms with E-state index in [1.54, 1.807) is 6.07 Å². The van der Waals surface area contributed by atoms with Crippen LogP contribution in [0.1, 0.15) is 25.0 Å². The first kappa shape index (κ1) is 16.9. The zero-order valence-corrected chi connectivity index (χ0v) is 13.8. The van der Waals surface area contributed by atoms with Crippen molar-refractivity contribution in [3.05, 3.63) is 60.2 Å². The molecule has 0 aliphatic heterocycles. The second-order valence-corrected chi connectivity index (χ2v) is 6.34. The highest BCUT2D eigenvalue weighted by Gasteiger charge is 2.35. The lowest BCUT2D eigenvalue weighted by Gasteiger charge is -2.39. The molecule has 128 valence electrons. The molecule has 1 heterocycles. The molecule has 0 unspecified atom stereocenters. The van der Waals surface area contributed by atoms with Gasteiger partial charge in [-0.3, -0.25) is 9.88 Å². The number of hydrogen-bond acceptors (Lipinski definition) is 4. The number of hydrogen-bond donors (Lipinski definition) is 1. The zero-order valence-electron chi connectivity index (χ0n) is 13.8. The molecule has 0 bridgehead atoms. The van der Waals surface area contributed by atoms with Crippen LogP contribution < -0.4 is 4.74 Å². The Balaban J connectivity index is 1.63. The van der Waals surface area contributed by atoms with E-state index in [1.165, 1.54) is 12.3 Å². The maximum atomic E-state index is 13.0. The maximum Gasteiger partial charge on any atom is 0.141 e. The standard InChI is InChI=1S/C19H23FN2O2/c1-22(13-15-11-10-14(20)12-21-15)17-8-5-9-18(19(17)23)24-16-6-3-2-4-7-16/h2-4,6-7,10-12,17-19,23H,5,8-9,13H2,1H3/t17-,18+,19+/m1/s1. The summed E-state index contributed by atoms with van der Waals surface area (Å²) in [5, 5.41) is 10.7. The zero-order chi connectivity index (χ0) is 16.9. The molecule has 1 aromatic heterocycles. The molecule has 1 aromatic carbocycles. The van der Waals surface area contributed by atoms with Crippen molar-refractivity contribution in [2.75, 3.05) is 7.05 Å². The van der Waals surface area contributed by atoms with Crippen LogP contribution in [-0.4, -0.2) is 40.3 Å². The highest BCUT2D eigenvalue weighted by atomic mass is 19.1. The van der Waals surface area contributed by atoms with Crippen LogP contribution in [0.2, 0.25) is 0 Å². The first-order valence-corrected chi connectivity index (χ1v) is 8.34. The number of aliphatic hydroxyl groups is 1. The summed E-state index contributed by atoms with van der Waals surface area (Å²) in [5.41, 5.74) is 0.789. The monoisotopic (exact) mass is 330 g/mol. The second kappa shape index (κ2) is 7.73. The average Bonchev–Trinajstić information content (AvgIpc) is 2.60. The largest absolute Gasteiger partial charge is 0.488 e. The van der Waals surface area contributed by atoms with Crippen molar-refractivity contribution >= 4 is 0 Å². The summed E-state index contributed by atoms with van der Waals surface area (Å²) in [5.74, 6) is 0.445. The van der Waals surface area contributed by atoms with Gasteiger partial charge in [-0.25, -0.2) is 4.39 Å². The highest BCUT2D eigenvalue weighted by molar-refractivity contribution is 5.21. The number of aliphatic hydroxyl groups excluding tert-OH is 1. The Bertz CT molecular complexity index is 636. The van der Waals surface area contributed by atoms with E-state index >= 15 is 0 Å². The third kappa shape index (κ3) is 4.10. The van der Waals surface area contributed by atoms with E-state index in [0.29, 0.717) is 6.54 Å². The lowest BCUT2D eigenvalue weighted by atomic mass is 9.89. The Morgan fingerprint density at radius 3 is 2.71 bits per heavy atom. The molecule has 4 nitrogen and oxygen atoms in total. The van der Waals surface area contributed by atoms with Gasteiger partial charge < -0.3 is 9.84 Å². The molecule has 0 spiro atoms. The van der Waals surface area contributed by atoms with Crippen LogP contribution >= 0.6 is 0 Å². The van der Waals surface area contributed by atoms with Crippen molar-refractivity contribution in [2.45, 2.75) is 44.1 Å². The summed E-state index contributed by atoms with van der Waals surface area (Å²) in [4.78, 5) is 6.17. The molecule has 2 aromatic rings. The molecule has 1 saturated carbocycles. The van der Waals surface area contributed by atoms with Crippen molar-refractivity contribution in [3.8, 4) is 5.75 Å². The fraction of sp³-hybridized carbons (Fsp3) is 0.421. The quantitative estimate of drug-likeness (QED) is 0.915. The number of rotatable bonds is 5. The van der Waals surface area contributed by atoms with Gasteiger partial charge in [0.2, 0.25) is 0 Å². The molecule has 1 N–H and O–H groups in total. The summed E-state index contributed by atoms with van der Waals surface area (Å²) in [6.07, 6.45) is 3.20. The average molecular weight is 330 g/mol. The summed E-state index contributed by atoms with van der Waals surface area (Å²) in [6.45, 7) is 0.570. The maximum absolute atomic E-state index is 13.0. The molecule has 24 heavy (non-hydrogen) atoms. The number of para-hydroxylation sites is 1. The fourth-order valence-corrected chi connectivity index (χ4v) is 3.27. The van der Waals surface area contributed by atoms with Gasteiger partial charge in [-0.05, 0) is 50.6 Å². The molecular weight excluding hydrogens is 307 g/mol. The molecule has 0 radical (unpaired) electrons. The first-order valence-electron chi connectivity index (χ1n) is 8.34. The Labute approximate surface area is 141 Å². The van der Waals surface area contributed by atoms with E-state index in [1.807, 2.05) is 37.4 Å². The molecule has 1 aliphatic rings. The third-order valence-corrected chi connectivity index (χ3v) is 4.56. The Kier molecular flexibility index (Phi) is 5.43. The molecule has 0 amide bonds. The van der Waals surface area contributed by atoms with E-state index in [0.717, 1.165) is 30.7 Å². The summed E-state index contributed by atoms with van der Waals surface area (Å²) < 4.78 is 18.9. The van der Waals surface area contributed by atoms with Gasteiger partial charge in [0.15, 0.2) is 0 Å². The van der Waals surface area contributed by atoms with Crippen molar-refractivity contribution in [1.29, 1.82) is 0 Å². The molecular formula is C19H23FN2O2. The topological polar surface area (TPSA) is 45.6 Å². The Hall–Kier alpha value is -1.98. The lowest BCUT2D eigenvalue weighted by molar-refractivity contribution is -0.0493. The molecule has 1 fully saturated rings. The van der Waals surface area contributed by atoms with Crippen LogP contribution in [0.25, 0.3) is 0 Å². The summed E-state index contributed by atoms with van der Waals surface area (Å²) in [6, 6.07) is 12.7. The van der Waals surface area contributed by atoms with Gasteiger partial charge in [0.25, 0.3) is 0 Å². The van der Waals surface area contributed by atoms with E-state index in [4.69, 9.17) is 4.74 Å². The summed E-state index contributed by atoms with van der Waals surface area (Å²) in [7, 11) is 1.96. The van der Waals surface area contributed by atoms with Crippen molar-refractivity contribution in [1.82, 2.24) is 9.88 Å². The number of nitrogens with zero attached hydrogens (tertiary/aromatic N) is 2. The normalized spacial score (nSPS) is 24.1. The molecule has 1 aliphatic carbocycles. The van der Waals surface area contributed by atoms with Crippen molar-refractivity contribution in [2.24, 2.45) is 0 Å². The predicted octanol–water partition coefficient (Wildman–Crippen LogP) is 3.01. The van der Waals surface area contributed by atoms with Gasteiger partial charge >= 0.3 is 0 Å². The van der Waals surface area contributed by atoms with E-state index in [9.17, 15) is 9.50 Å². The number of aromatic nitrogens is 1. The number of pyridine rings is 1. The lowest BCUT2D eigenvalue weighted by Crippen LogP contribution is -2.51. The van der Waals surface area contributed by atoms with Crippen LogP contribution in [-0.2, 0) is 6.54 Å². The minimum absolute atomic E-state index is 0.000634. The van der Waals surface area contributed by atoms with Crippen LogP contribution in [0.15, 0.2) is 48.7 Å². The van der Waals surface area contributed by atoms with Gasteiger partial charge in [-0.15, -0.1) is 0 Å². The predicted molar refractivity (Wildman–Crippen MR) is 90.2 cm³/mol. The van der Waals surface area contributed by atoms with Crippen molar-refractivity contribution in [3.63, 3.8) is 0 Å². The molecule has 3 rings (SSSR count). The minimum Gasteiger partial charge on any atom is -0.488 e. The smallest absolute Gasteiger partial charge is 0.141 e. The van der Waals surface area contributed by atoms with E-state index in [-0.39, 0.29) is 18.0 Å². The highest BCUT2D eigenvalue weighted by Crippen LogP contribution is 2.27. The van der Waals surface area contributed by atoms with Crippen LogP contribution in [0.4, 0.5) is 4.39 Å². The molecule has 5 heteroatoms. The van der Waals surface area contributed by atoms with Gasteiger partial charge in [-0.1, -0.05) is 18.2 Å². The van der Waals surface area contributed by atoms with Gasteiger partial charge in [0.05, 0.1) is 11.9 Å². The molecule has 3 atom stereocenters. The summed E-state index contributed by atoms with van der Waals surface area (Å²) >= 11 is 0. The van der Waals surface area contributed by atoms with Gasteiger partial charge in [0, 0.05) is 12.6 Å². The number of halogens is 1. The van der Waals surface area contributed by atoms with Crippen LogP contribution in [0.3, 0.4) is 0 Å². The number of likely N-dealkylation sites (N-methyl/N-ethyl adjacent to an activating group) is 1. The van der Waals surface area contributed by atoms with Gasteiger partial charge in [0.1, 0.15) is 23.8 Å². The minimum atomic E-state index is -0.565. The van der Waals surface area contributed by atoms with Crippen LogP contribution in [0, 0.1) is 5.82 Å². The van der Waals surface area contributed by atoms with E-state index in [2.05, 4.69) is 9.88 Å². The molecule has 0 saturated heterocycles. The van der Waals surface area contributed by atoms with Crippen molar-refractivity contribution < 1.29 is 14.2 Å². The third-order valence-electron chi connectivity index (χ3n) is 4.56. The van der Waals surface area contributed by atoms with Crippen LogP contribution in [0.5, 0.6) is 5.75 Å². The number of benzene rings is 1. The number of ether oxygens (including phenoxy) is 1. The Morgan fingerprint density at radius 1 is 1.21 bits per heavy atom. The Morgan fingerprint density at radius 2 is 2.00 bits per heavy atom. The van der Waals surface area contributed by atoms with E-state index < -0.39 is 6.10 Å².